The molecule has 1 aliphatic rings. The number of benzene rings is 2. The summed E-state index contributed by atoms with van der Waals surface area (Å²) in [5.74, 6) is 0. The Morgan fingerprint density at radius 1 is 1.03 bits per heavy atom. The van der Waals surface area contributed by atoms with Crippen molar-refractivity contribution in [3.05, 3.63) is 66.4 Å². The Balaban J connectivity index is 1.43. The highest BCUT2D eigenvalue weighted by molar-refractivity contribution is 7.89. The second kappa shape index (κ2) is 8.22. The van der Waals surface area contributed by atoms with Crippen molar-refractivity contribution in [3.8, 4) is 0 Å². The van der Waals surface area contributed by atoms with Gasteiger partial charge in [0.2, 0.25) is 10.0 Å². The highest BCUT2D eigenvalue weighted by Crippen LogP contribution is 2.20. The number of fused-ring (bicyclic) bond motifs is 1. The molecule has 1 saturated heterocycles. The van der Waals surface area contributed by atoms with E-state index in [4.69, 9.17) is 0 Å². The number of piperazine rings is 1. The number of rotatable bonds is 4. The molecule has 30 heavy (non-hydrogen) atoms. The Morgan fingerprint density at radius 3 is 2.40 bits per heavy atom. The van der Waals surface area contributed by atoms with Gasteiger partial charge in [-0.2, -0.15) is 4.31 Å². The minimum atomic E-state index is -3.53. The smallest absolute Gasteiger partial charge is 0.326 e. The summed E-state index contributed by atoms with van der Waals surface area (Å²) in [7, 11) is -3.53. The van der Waals surface area contributed by atoms with E-state index in [1.807, 2.05) is 44.2 Å². The van der Waals surface area contributed by atoms with Crippen molar-refractivity contribution in [1.82, 2.24) is 19.5 Å². The maximum Gasteiger partial charge on any atom is 0.326 e. The van der Waals surface area contributed by atoms with Crippen LogP contribution in [0.25, 0.3) is 10.9 Å². The number of hydrogen-bond donors (Lipinski definition) is 2. The van der Waals surface area contributed by atoms with Crippen LogP contribution in [0.4, 0.5) is 4.79 Å². The molecule has 1 aliphatic heterocycles. The van der Waals surface area contributed by atoms with E-state index in [1.54, 1.807) is 35.0 Å². The standard InChI is InChI=1S/C22H26N4O3S/c1-16-14-25(15-17(2)24-16)30(28,29)20-9-7-18(8-10-20)13-23-22(27)26-12-11-19-5-3-4-6-21(19)26/h3-12,16-17,24H,13-15H2,1-2H3,(H,23,27)/t16-,17+. The Hall–Kier alpha value is -2.68. The molecule has 0 aliphatic carbocycles. The summed E-state index contributed by atoms with van der Waals surface area (Å²) in [6, 6.07) is 16.3. The topological polar surface area (TPSA) is 83.4 Å². The fourth-order valence-electron chi connectivity index (χ4n) is 3.92. The highest BCUT2D eigenvalue weighted by Gasteiger charge is 2.31. The zero-order valence-electron chi connectivity index (χ0n) is 17.1. The molecular weight excluding hydrogens is 400 g/mol. The lowest BCUT2D eigenvalue weighted by Gasteiger charge is -2.35. The van der Waals surface area contributed by atoms with Gasteiger partial charge in [0, 0.05) is 43.3 Å². The average molecular weight is 427 g/mol. The van der Waals surface area contributed by atoms with Crippen molar-refractivity contribution >= 4 is 27.0 Å². The molecule has 2 aromatic carbocycles. The van der Waals surface area contributed by atoms with Crippen LogP contribution in [0.5, 0.6) is 0 Å². The predicted molar refractivity (Wildman–Crippen MR) is 117 cm³/mol. The molecule has 2 heterocycles. The van der Waals surface area contributed by atoms with Gasteiger partial charge in [-0.25, -0.2) is 13.2 Å². The molecule has 2 atom stereocenters. The van der Waals surface area contributed by atoms with Gasteiger partial charge in [0.15, 0.2) is 0 Å². The third kappa shape index (κ3) is 4.12. The van der Waals surface area contributed by atoms with Crippen LogP contribution in [-0.4, -0.2) is 48.5 Å². The number of amides is 1. The largest absolute Gasteiger partial charge is 0.333 e. The zero-order chi connectivity index (χ0) is 21.3. The van der Waals surface area contributed by atoms with E-state index in [2.05, 4.69) is 10.6 Å². The van der Waals surface area contributed by atoms with Crippen LogP contribution in [0.2, 0.25) is 0 Å². The van der Waals surface area contributed by atoms with Gasteiger partial charge in [0.25, 0.3) is 0 Å². The third-order valence-electron chi connectivity index (χ3n) is 5.35. The summed E-state index contributed by atoms with van der Waals surface area (Å²) < 4.78 is 29.0. The molecule has 158 valence electrons. The molecule has 7 nitrogen and oxygen atoms in total. The Bertz CT molecular complexity index is 1140. The minimum absolute atomic E-state index is 0.114. The maximum absolute atomic E-state index is 13.0. The van der Waals surface area contributed by atoms with Gasteiger partial charge in [0.05, 0.1) is 10.4 Å². The van der Waals surface area contributed by atoms with E-state index in [0.29, 0.717) is 19.6 Å². The first kappa shape index (κ1) is 20.6. The van der Waals surface area contributed by atoms with Gasteiger partial charge in [-0.05, 0) is 43.7 Å². The second-order valence-corrected chi connectivity index (χ2v) is 9.78. The molecule has 4 rings (SSSR count). The van der Waals surface area contributed by atoms with Gasteiger partial charge >= 0.3 is 6.03 Å². The summed E-state index contributed by atoms with van der Waals surface area (Å²) in [6.07, 6.45) is 1.74. The molecule has 1 amide bonds. The lowest BCUT2D eigenvalue weighted by molar-refractivity contribution is 0.243. The molecule has 0 saturated carbocycles. The van der Waals surface area contributed by atoms with Crippen molar-refractivity contribution in [3.63, 3.8) is 0 Å². The quantitative estimate of drug-likeness (QED) is 0.672. The Labute approximate surface area is 176 Å². The van der Waals surface area contributed by atoms with Gasteiger partial charge in [-0.3, -0.25) is 4.57 Å². The lowest BCUT2D eigenvalue weighted by atomic mass is 10.2. The normalized spacial score (nSPS) is 20.3. The third-order valence-corrected chi connectivity index (χ3v) is 7.19. The van der Waals surface area contributed by atoms with Crippen LogP contribution in [0, 0.1) is 0 Å². The number of carbonyl (C=O) groups is 1. The molecule has 3 aromatic rings. The second-order valence-electron chi connectivity index (χ2n) is 7.84. The average Bonchev–Trinajstić information content (AvgIpc) is 3.16. The van der Waals surface area contributed by atoms with Crippen molar-refractivity contribution < 1.29 is 13.2 Å². The van der Waals surface area contributed by atoms with Crippen LogP contribution in [0.15, 0.2) is 65.7 Å². The fraction of sp³-hybridized carbons (Fsp3) is 0.318. The zero-order valence-corrected chi connectivity index (χ0v) is 17.9. The molecule has 1 aromatic heterocycles. The fourth-order valence-corrected chi connectivity index (χ4v) is 5.54. The summed E-state index contributed by atoms with van der Waals surface area (Å²) in [6.45, 7) is 5.19. The molecule has 0 unspecified atom stereocenters. The number of aromatic nitrogens is 1. The number of hydrogen-bond acceptors (Lipinski definition) is 4. The number of nitrogens with zero attached hydrogens (tertiary/aromatic N) is 2. The van der Waals surface area contributed by atoms with E-state index in [0.717, 1.165) is 16.5 Å². The summed E-state index contributed by atoms with van der Waals surface area (Å²) in [5, 5.41) is 7.22. The van der Waals surface area contributed by atoms with E-state index in [9.17, 15) is 13.2 Å². The van der Waals surface area contributed by atoms with Crippen LogP contribution >= 0.6 is 0 Å². The number of carbonyl (C=O) groups excluding carboxylic acids is 1. The number of sulfonamides is 1. The highest BCUT2D eigenvalue weighted by atomic mass is 32.2. The molecule has 2 N–H and O–H groups in total. The Kier molecular flexibility index (Phi) is 5.64. The van der Waals surface area contributed by atoms with Crippen molar-refractivity contribution in [2.75, 3.05) is 13.1 Å². The van der Waals surface area contributed by atoms with E-state index >= 15 is 0 Å². The SMILES string of the molecule is C[C@@H]1CN(S(=O)(=O)c2ccc(CNC(=O)n3ccc4ccccc43)cc2)C[C@H](C)N1. The predicted octanol–water partition coefficient (Wildman–Crippen LogP) is 2.77. The van der Waals surface area contributed by atoms with Gasteiger partial charge < -0.3 is 10.6 Å². The first-order chi connectivity index (χ1) is 14.3. The van der Waals surface area contributed by atoms with Crippen molar-refractivity contribution in [2.24, 2.45) is 0 Å². The minimum Gasteiger partial charge on any atom is -0.333 e. The van der Waals surface area contributed by atoms with Gasteiger partial charge in [0.1, 0.15) is 0 Å². The number of para-hydroxylation sites is 1. The molecule has 0 bridgehead atoms. The molecule has 8 heteroatoms. The van der Waals surface area contributed by atoms with Crippen molar-refractivity contribution in [2.45, 2.75) is 37.4 Å². The van der Waals surface area contributed by atoms with E-state index < -0.39 is 10.0 Å². The van der Waals surface area contributed by atoms with Crippen LogP contribution < -0.4 is 10.6 Å². The van der Waals surface area contributed by atoms with Gasteiger partial charge in [-0.15, -0.1) is 0 Å². The molecule has 0 radical (unpaired) electrons. The molecule has 1 fully saturated rings. The maximum atomic E-state index is 13.0. The van der Waals surface area contributed by atoms with E-state index in [1.165, 1.54) is 4.31 Å². The van der Waals surface area contributed by atoms with Gasteiger partial charge in [-0.1, -0.05) is 30.3 Å². The van der Waals surface area contributed by atoms with Crippen LogP contribution in [0.3, 0.4) is 0 Å². The lowest BCUT2D eigenvalue weighted by Crippen LogP contribution is -2.55. The molecular formula is C22H26N4O3S. The summed E-state index contributed by atoms with van der Waals surface area (Å²) >= 11 is 0. The Morgan fingerprint density at radius 2 is 1.70 bits per heavy atom. The van der Waals surface area contributed by atoms with Crippen LogP contribution in [-0.2, 0) is 16.6 Å². The summed E-state index contributed by atoms with van der Waals surface area (Å²) in [4.78, 5) is 12.8. The van der Waals surface area contributed by atoms with Crippen molar-refractivity contribution in [1.29, 1.82) is 0 Å². The monoisotopic (exact) mass is 426 g/mol. The molecule has 0 spiro atoms. The van der Waals surface area contributed by atoms with E-state index in [-0.39, 0.29) is 23.0 Å². The number of nitrogens with one attached hydrogen (secondary N) is 2. The summed E-state index contributed by atoms with van der Waals surface area (Å²) in [5.41, 5.74) is 1.68. The first-order valence-electron chi connectivity index (χ1n) is 10.0. The van der Waals surface area contributed by atoms with Crippen LogP contribution in [0.1, 0.15) is 19.4 Å². The first-order valence-corrected chi connectivity index (χ1v) is 11.5.